The van der Waals surface area contributed by atoms with Gasteiger partial charge in [0.15, 0.2) is 6.61 Å². The van der Waals surface area contributed by atoms with E-state index in [9.17, 15) is 22.4 Å². The van der Waals surface area contributed by atoms with Gasteiger partial charge in [-0.25, -0.2) is 17.6 Å². The monoisotopic (exact) mass is 434 g/mol. The third-order valence-corrected chi connectivity index (χ3v) is 7.10. The lowest BCUT2D eigenvalue weighted by Gasteiger charge is -2.33. The number of halogens is 2. The first-order valence-electron chi connectivity index (χ1n) is 7.94. The number of hydrogen-bond acceptors (Lipinski definition) is 6. The molecule has 0 N–H and O–H groups in total. The van der Waals surface area contributed by atoms with Gasteiger partial charge in [-0.3, -0.25) is 4.79 Å². The van der Waals surface area contributed by atoms with Crippen LogP contribution in [-0.2, 0) is 19.6 Å². The van der Waals surface area contributed by atoms with Crippen molar-refractivity contribution in [3.05, 3.63) is 33.9 Å². The molecule has 1 aliphatic rings. The SMILES string of the molecule is CS(=O)(=O)N1CCN(C(=O)COC(=O)c2sc3cc(F)ccc3c2Cl)CC1. The molecule has 3 rings (SSSR count). The number of carbonyl (C=O) groups is 2. The van der Waals surface area contributed by atoms with Crippen LogP contribution in [0.15, 0.2) is 18.2 Å². The summed E-state index contributed by atoms with van der Waals surface area (Å²) in [6.45, 7) is 0.383. The van der Waals surface area contributed by atoms with Crippen LogP contribution in [0.2, 0.25) is 5.02 Å². The largest absolute Gasteiger partial charge is 0.451 e. The number of esters is 1. The maximum Gasteiger partial charge on any atom is 0.350 e. The first kappa shape index (κ1) is 20.0. The Bertz CT molecular complexity index is 1000. The van der Waals surface area contributed by atoms with Crippen molar-refractivity contribution in [1.29, 1.82) is 0 Å². The Kier molecular flexibility index (Phi) is 5.71. The molecule has 1 amide bonds. The van der Waals surface area contributed by atoms with Crippen LogP contribution < -0.4 is 0 Å². The Morgan fingerprint density at radius 2 is 1.93 bits per heavy atom. The molecule has 7 nitrogen and oxygen atoms in total. The maximum absolute atomic E-state index is 13.3. The van der Waals surface area contributed by atoms with E-state index in [0.717, 1.165) is 17.6 Å². The van der Waals surface area contributed by atoms with Crippen LogP contribution in [0.4, 0.5) is 4.39 Å². The number of hydrogen-bond donors (Lipinski definition) is 0. The fourth-order valence-corrected chi connectivity index (χ4v) is 4.98. The standard InChI is InChI=1S/C16H16ClFN2O5S2/c1-27(23,24)20-6-4-19(5-7-20)13(21)9-25-16(22)15-14(17)11-3-2-10(18)8-12(11)26-15/h2-3,8H,4-7,9H2,1H3. The number of ether oxygens (including phenoxy) is 1. The smallest absolute Gasteiger partial charge is 0.350 e. The minimum Gasteiger partial charge on any atom is -0.451 e. The maximum atomic E-state index is 13.3. The molecule has 1 aliphatic heterocycles. The Hall–Kier alpha value is -1.75. The lowest BCUT2D eigenvalue weighted by Crippen LogP contribution is -2.51. The second-order valence-corrected chi connectivity index (χ2v) is 9.42. The van der Waals surface area contributed by atoms with Gasteiger partial charge in [-0.1, -0.05) is 11.6 Å². The molecule has 0 unspecified atom stereocenters. The molecule has 0 radical (unpaired) electrons. The molecule has 0 atom stereocenters. The molecule has 0 bridgehead atoms. The summed E-state index contributed by atoms with van der Waals surface area (Å²) in [5, 5.41) is 0.701. The lowest BCUT2D eigenvalue weighted by atomic mass is 10.2. The third kappa shape index (κ3) is 4.40. The van der Waals surface area contributed by atoms with E-state index >= 15 is 0 Å². The van der Waals surface area contributed by atoms with Gasteiger partial charge in [-0.15, -0.1) is 11.3 Å². The minimum atomic E-state index is -3.29. The van der Waals surface area contributed by atoms with Crippen LogP contribution in [0.5, 0.6) is 0 Å². The highest BCUT2D eigenvalue weighted by Gasteiger charge is 2.27. The van der Waals surface area contributed by atoms with Crippen LogP contribution >= 0.6 is 22.9 Å². The number of piperazine rings is 1. The van der Waals surface area contributed by atoms with Gasteiger partial charge in [0.1, 0.15) is 10.7 Å². The summed E-state index contributed by atoms with van der Waals surface area (Å²) < 4.78 is 43.1. The van der Waals surface area contributed by atoms with Gasteiger partial charge >= 0.3 is 5.97 Å². The van der Waals surface area contributed by atoms with E-state index in [2.05, 4.69) is 0 Å². The number of fused-ring (bicyclic) bond motifs is 1. The molecule has 1 saturated heterocycles. The van der Waals surface area contributed by atoms with E-state index in [1.807, 2.05) is 0 Å². The van der Waals surface area contributed by atoms with Gasteiger partial charge in [-0.05, 0) is 18.2 Å². The van der Waals surface area contributed by atoms with Crippen LogP contribution in [0.3, 0.4) is 0 Å². The van der Waals surface area contributed by atoms with Crippen molar-refractivity contribution in [2.45, 2.75) is 0 Å². The van der Waals surface area contributed by atoms with Crippen LogP contribution in [0.1, 0.15) is 9.67 Å². The zero-order chi connectivity index (χ0) is 19.8. The van der Waals surface area contributed by atoms with E-state index < -0.39 is 34.3 Å². The van der Waals surface area contributed by atoms with Crippen molar-refractivity contribution in [1.82, 2.24) is 9.21 Å². The summed E-state index contributed by atoms with van der Waals surface area (Å²) in [5.41, 5.74) is 0. The van der Waals surface area contributed by atoms with Crippen molar-refractivity contribution >= 4 is 54.9 Å². The van der Waals surface area contributed by atoms with Crippen LogP contribution in [-0.4, -0.2) is 68.5 Å². The topological polar surface area (TPSA) is 84.0 Å². The molecule has 146 valence electrons. The molecule has 1 aromatic carbocycles. The predicted molar refractivity (Wildman–Crippen MR) is 100 cm³/mol. The molecule has 0 saturated carbocycles. The van der Waals surface area contributed by atoms with Gasteiger partial charge in [0.25, 0.3) is 5.91 Å². The summed E-state index contributed by atoms with van der Waals surface area (Å²) in [4.78, 5) is 26.0. The Morgan fingerprint density at radius 1 is 1.26 bits per heavy atom. The fraction of sp³-hybridized carbons (Fsp3) is 0.375. The molecule has 2 heterocycles. The normalized spacial score (nSPS) is 15.9. The molecule has 0 aliphatic carbocycles. The Morgan fingerprint density at radius 3 is 2.56 bits per heavy atom. The summed E-state index contributed by atoms with van der Waals surface area (Å²) in [6.07, 6.45) is 1.12. The average molecular weight is 435 g/mol. The second kappa shape index (κ2) is 7.70. The molecule has 2 aromatic rings. The molecular weight excluding hydrogens is 419 g/mol. The second-order valence-electron chi connectivity index (χ2n) is 6.00. The number of carbonyl (C=O) groups excluding carboxylic acids is 2. The number of benzene rings is 1. The highest BCUT2D eigenvalue weighted by atomic mass is 35.5. The third-order valence-electron chi connectivity index (χ3n) is 4.16. The predicted octanol–water partition coefficient (Wildman–Crippen LogP) is 1.95. The average Bonchev–Trinajstić information content (AvgIpc) is 2.94. The van der Waals surface area contributed by atoms with Crippen LogP contribution in [0.25, 0.3) is 10.1 Å². The van der Waals surface area contributed by atoms with Gasteiger partial charge < -0.3 is 9.64 Å². The summed E-state index contributed by atoms with van der Waals surface area (Å²) in [5.74, 6) is -1.62. The number of rotatable bonds is 4. The van der Waals surface area contributed by atoms with Crippen molar-refractivity contribution in [3.63, 3.8) is 0 Å². The molecule has 0 spiro atoms. The first-order valence-corrected chi connectivity index (χ1v) is 11.0. The van der Waals surface area contributed by atoms with Crippen molar-refractivity contribution in [2.24, 2.45) is 0 Å². The van der Waals surface area contributed by atoms with E-state index in [1.54, 1.807) is 0 Å². The van der Waals surface area contributed by atoms with Gasteiger partial charge in [0.2, 0.25) is 10.0 Å². The van der Waals surface area contributed by atoms with E-state index in [0.29, 0.717) is 10.1 Å². The molecule has 27 heavy (non-hydrogen) atoms. The highest BCUT2D eigenvalue weighted by Crippen LogP contribution is 2.36. The molecule has 1 fully saturated rings. The number of thiophene rings is 1. The number of sulfonamides is 1. The van der Waals surface area contributed by atoms with Crippen molar-refractivity contribution in [2.75, 3.05) is 39.0 Å². The van der Waals surface area contributed by atoms with E-state index in [4.69, 9.17) is 16.3 Å². The Labute approximate surface area is 164 Å². The van der Waals surface area contributed by atoms with E-state index in [-0.39, 0.29) is 36.1 Å². The zero-order valence-electron chi connectivity index (χ0n) is 14.3. The summed E-state index contributed by atoms with van der Waals surface area (Å²) in [6, 6.07) is 4.00. The number of amides is 1. The molecule has 1 aromatic heterocycles. The molecular formula is C16H16ClFN2O5S2. The van der Waals surface area contributed by atoms with Gasteiger partial charge in [0, 0.05) is 36.3 Å². The van der Waals surface area contributed by atoms with Crippen molar-refractivity contribution < 1.29 is 27.1 Å². The van der Waals surface area contributed by atoms with Crippen molar-refractivity contribution in [3.8, 4) is 0 Å². The lowest BCUT2D eigenvalue weighted by molar-refractivity contribution is -0.135. The molecule has 11 heteroatoms. The fourth-order valence-electron chi connectivity index (χ4n) is 2.72. The quantitative estimate of drug-likeness (QED) is 0.687. The highest BCUT2D eigenvalue weighted by molar-refractivity contribution is 7.88. The van der Waals surface area contributed by atoms with Crippen LogP contribution in [0, 0.1) is 5.82 Å². The minimum absolute atomic E-state index is 0.104. The Balaban J connectivity index is 1.60. The summed E-state index contributed by atoms with van der Waals surface area (Å²) >= 11 is 7.15. The van der Waals surface area contributed by atoms with Gasteiger partial charge in [0.05, 0.1) is 11.3 Å². The van der Waals surface area contributed by atoms with E-state index in [1.165, 1.54) is 27.4 Å². The zero-order valence-corrected chi connectivity index (χ0v) is 16.7. The van der Waals surface area contributed by atoms with Gasteiger partial charge in [-0.2, -0.15) is 4.31 Å². The number of nitrogens with zero attached hydrogens (tertiary/aromatic N) is 2. The summed E-state index contributed by atoms with van der Waals surface area (Å²) in [7, 11) is -3.29. The first-order chi connectivity index (χ1) is 12.7.